The third-order valence-corrected chi connectivity index (χ3v) is 3.54. The monoisotopic (exact) mass is 227 g/mol. The van der Waals surface area contributed by atoms with Crippen LogP contribution >= 0.6 is 0 Å². The van der Waals surface area contributed by atoms with Gasteiger partial charge in [0.15, 0.2) is 0 Å². The highest BCUT2D eigenvalue weighted by atomic mass is 16.5. The molecule has 1 aliphatic carbocycles. The summed E-state index contributed by atoms with van der Waals surface area (Å²) in [5.74, 6) is 0.760. The minimum Gasteiger partial charge on any atom is -0.392 e. The van der Waals surface area contributed by atoms with Crippen molar-refractivity contribution in [1.82, 2.24) is 0 Å². The van der Waals surface area contributed by atoms with Crippen LogP contribution < -0.4 is 0 Å². The minimum atomic E-state index is -0.212. The van der Waals surface area contributed by atoms with Crippen molar-refractivity contribution in [1.29, 1.82) is 0 Å². The van der Waals surface area contributed by atoms with Crippen LogP contribution in [0.3, 0.4) is 0 Å². The average molecular weight is 227 g/mol. The molecule has 3 unspecified atom stereocenters. The van der Waals surface area contributed by atoms with Crippen LogP contribution in [-0.2, 0) is 4.74 Å². The molecule has 0 aromatic carbocycles. The molecule has 1 aliphatic rings. The molecule has 1 rings (SSSR count). The molecule has 1 N–H and O–H groups in total. The molecule has 1 saturated carbocycles. The molecule has 0 aliphatic heterocycles. The van der Waals surface area contributed by atoms with Gasteiger partial charge in [-0.2, -0.15) is 0 Å². The van der Waals surface area contributed by atoms with E-state index in [0.717, 1.165) is 19.3 Å². The van der Waals surface area contributed by atoms with Gasteiger partial charge in [-0.15, -0.1) is 0 Å². The molecular formula is C13H25NO2. The summed E-state index contributed by atoms with van der Waals surface area (Å²) in [6, 6.07) is 0.196. The van der Waals surface area contributed by atoms with Gasteiger partial charge in [0.1, 0.15) is 0 Å². The van der Waals surface area contributed by atoms with E-state index in [9.17, 15) is 5.11 Å². The summed E-state index contributed by atoms with van der Waals surface area (Å²) in [6.07, 6.45) is 2.89. The lowest BCUT2D eigenvalue weighted by Gasteiger charge is -2.33. The molecular weight excluding hydrogens is 202 g/mol. The Hall–Kier alpha value is -0.410. The molecule has 0 saturated heterocycles. The average Bonchev–Trinajstić information content (AvgIpc) is 2.25. The Morgan fingerprint density at radius 3 is 2.75 bits per heavy atom. The summed E-state index contributed by atoms with van der Waals surface area (Å²) >= 11 is 0. The molecule has 0 aromatic heterocycles. The second-order valence-electron chi connectivity index (χ2n) is 4.90. The van der Waals surface area contributed by atoms with Gasteiger partial charge in [0.05, 0.1) is 18.8 Å². The van der Waals surface area contributed by atoms with Crippen molar-refractivity contribution in [2.45, 2.75) is 52.2 Å². The van der Waals surface area contributed by atoms with E-state index < -0.39 is 0 Å². The van der Waals surface area contributed by atoms with Crippen LogP contribution in [0.2, 0.25) is 0 Å². The zero-order chi connectivity index (χ0) is 12.1. The summed E-state index contributed by atoms with van der Waals surface area (Å²) in [5, 5.41) is 9.89. The van der Waals surface area contributed by atoms with Gasteiger partial charge in [-0.05, 0) is 32.1 Å². The molecule has 4 atom stereocenters. The second-order valence-corrected chi connectivity index (χ2v) is 4.90. The summed E-state index contributed by atoms with van der Waals surface area (Å²) in [6.45, 7) is 7.01. The Balaban J connectivity index is 2.77. The van der Waals surface area contributed by atoms with E-state index in [2.05, 4.69) is 20.8 Å². The fourth-order valence-electron chi connectivity index (χ4n) is 2.51. The van der Waals surface area contributed by atoms with E-state index in [0.29, 0.717) is 12.5 Å². The molecule has 16 heavy (non-hydrogen) atoms. The first-order valence-electron chi connectivity index (χ1n) is 6.34. The van der Waals surface area contributed by atoms with Crippen LogP contribution in [0.15, 0.2) is 4.99 Å². The molecule has 0 heterocycles. The van der Waals surface area contributed by atoms with Crippen LogP contribution in [0.4, 0.5) is 0 Å². The first-order chi connectivity index (χ1) is 7.60. The van der Waals surface area contributed by atoms with Gasteiger partial charge in [-0.1, -0.05) is 13.8 Å². The summed E-state index contributed by atoms with van der Waals surface area (Å²) < 4.78 is 5.11. The quantitative estimate of drug-likeness (QED) is 0.800. The number of aliphatic hydroxyl groups is 1. The number of methoxy groups -OCH3 is 1. The van der Waals surface area contributed by atoms with Crippen LogP contribution in [0, 0.1) is 11.8 Å². The van der Waals surface area contributed by atoms with Crippen LogP contribution in [0.25, 0.3) is 0 Å². The smallest absolute Gasteiger partial charge is 0.0704 e. The standard InChI is InChI=1S/C13H25NO2/c1-5-11-6-7-12(15)10(3)13(11)14-9(2)8-16-4/h9-12,15H,5-8H2,1-4H3/t9-,10?,11?,12?/m0/s1. The first kappa shape index (κ1) is 13.7. The molecule has 3 nitrogen and oxygen atoms in total. The maximum Gasteiger partial charge on any atom is 0.0704 e. The molecule has 94 valence electrons. The molecule has 0 amide bonds. The normalized spacial score (nSPS) is 35.3. The van der Waals surface area contributed by atoms with Crippen molar-refractivity contribution in [3.05, 3.63) is 0 Å². The molecule has 1 fully saturated rings. The lowest BCUT2D eigenvalue weighted by Crippen LogP contribution is -2.37. The van der Waals surface area contributed by atoms with Gasteiger partial charge >= 0.3 is 0 Å². The van der Waals surface area contributed by atoms with Crippen molar-refractivity contribution < 1.29 is 9.84 Å². The van der Waals surface area contributed by atoms with Crippen LogP contribution in [0.1, 0.15) is 40.0 Å². The number of aliphatic hydroxyl groups excluding tert-OH is 1. The fourth-order valence-corrected chi connectivity index (χ4v) is 2.51. The van der Waals surface area contributed by atoms with Gasteiger partial charge in [-0.3, -0.25) is 4.99 Å². The molecule has 0 aromatic rings. The predicted octanol–water partition coefficient (Wildman–Crippen LogP) is 2.28. The first-order valence-corrected chi connectivity index (χ1v) is 6.34. The Labute approximate surface area is 98.9 Å². The predicted molar refractivity (Wildman–Crippen MR) is 67.0 cm³/mol. The van der Waals surface area contributed by atoms with E-state index in [4.69, 9.17) is 9.73 Å². The Morgan fingerprint density at radius 1 is 1.50 bits per heavy atom. The van der Waals surface area contributed by atoms with Crippen LogP contribution in [0.5, 0.6) is 0 Å². The minimum absolute atomic E-state index is 0.196. The Morgan fingerprint density at radius 2 is 2.19 bits per heavy atom. The number of ether oxygens (including phenoxy) is 1. The molecule has 0 bridgehead atoms. The zero-order valence-corrected chi connectivity index (χ0v) is 10.9. The van der Waals surface area contributed by atoms with E-state index >= 15 is 0 Å². The number of hydrogen-bond acceptors (Lipinski definition) is 3. The van der Waals surface area contributed by atoms with Gasteiger partial charge in [-0.25, -0.2) is 0 Å². The molecule has 0 spiro atoms. The summed E-state index contributed by atoms with van der Waals surface area (Å²) in [5.41, 5.74) is 1.20. The van der Waals surface area contributed by atoms with Gasteiger partial charge in [0, 0.05) is 18.7 Å². The highest BCUT2D eigenvalue weighted by molar-refractivity contribution is 5.90. The van der Waals surface area contributed by atoms with Crippen molar-refractivity contribution in [2.24, 2.45) is 16.8 Å². The topological polar surface area (TPSA) is 41.8 Å². The van der Waals surface area contributed by atoms with Crippen LogP contribution in [-0.4, -0.2) is 36.7 Å². The fraction of sp³-hybridized carbons (Fsp3) is 0.923. The van der Waals surface area contributed by atoms with Crippen molar-refractivity contribution in [2.75, 3.05) is 13.7 Å². The Kier molecular flexibility index (Phi) is 5.42. The highest BCUT2D eigenvalue weighted by Gasteiger charge is 2.31. The highest BCUT2D eigenvalue weighted by Crippen LogP contribution is 2.29. The molecule has 3 heteroatoms. The maximum absolute atomic E-state index is 9.89. The summed E-state index contributed by atoms with van der Waals surface area (Å²) in [4.78, 5) is 4.74. The van der Waals surface area contributed by atoms with E-state index in [1.54, 1.807) is 7.11 Å². The van der Waals surface area contributed by atoms with Gasteiger partial charge in [0.25, 0.3) is 0 Å². The SMILES string of the molecule is CCC1CCC(O)C(C)C1=N[C@@H](C)COC. The zero-order valence-electron chi connectivity index (χ0n) is 10.9. The third-order valence-electron chi connectivity index (χ3n) is 3.54. The third kappa shape index (κ3) is 3.29. The number of aliphatic imine (C=N–C) groups is 1. The Bertz CT molecular complexity index is 236. The van der Waals surface area contributed by atoms with E-state index in [1.165, 1.54) is 5.71 Å². The maximum atomic E-state index is 9.89. The number of hydrogen-bond donors (Lipinski definition) is 1. The summed E-state index contributed by atoms with van der Waals surface area (Å²) in [7, 11) is 1.70. The largest absolute Gasteiger partial charge is 0.392 e. The van der Waals surface area contributed by atoms with Crippen molar-refractivity contribution >= 4 is 5.71 Å². The van der Waals surface area contributed by atoms with Gasteiger partial charge < -0.3 is 9.84 Å². The van der Waals surface area contributed by atoms with E-state index in [-0.39, 0.29) is 18.1 Å². The van der Waals surface area contributed by atoms with Gasteiger partial charge in [0.2, 0.25) is 0 Å². The number of rotatable bonds is 4. The van der Waals surface area contributed by atoms with E-state index in [1.807, 2.05) is 0 Å². The lowest BCUT2D eigenvalue weighted by molar-refractivity contribution is 0.113. The molecule has 0 radical (unpaired) electrons. The lowest BCUT2D eigenvalue weighted by atomic mass is 9.77. The number of nitrogens with zero attached hydrogens (tertiary/aromatic N) is 1. The van der Waals surface area contributed by atoms with Crippen molar-refractivity contribution in [3.63, 3.8) is 0 Å². The second kappa shape index (κ2) is 6.36. The van der Waals surface area contributed by atoms with Crippen molar-refractivity contribution in [3.8, 4) is 0 Å².